The lowest BCUT2D eigenvalue weighted by Gasteiger charge is -2.50. The molecular weight excluding hydrogens is 575 g/mol. The molecule has 2 amide bonds. The van der Waals surface area contributed by atoms with Gasteiger partial charge in [-0.3, -0.25) is 9.59 Å². The predicted octanol–water partition coefficient (Wildman–Crippen LogP) is 5.47. The molecule has 2 aliphatic heterocycles. The van der Waals surface area contributed by atoms with Crippen LogP contribution in [-0.2, 0) is 16.0 Å². The second-order valence-electron chi connectivity index (χ2n) is 11.2. The highest BCUT2D eigenvalue weighted by molar-refractivity contribution is 5.96. The minimum atomic E-state index is -0.332. The summed E-state index contributed by atoms with van der Waals surface area (Å²) < 4.78 is 26.2. The Balaban J connectivity index is 1.01. The molecule has 2 saturated heterocycles. The predicted molar refractivity (Wildman–Crippen MR) is 167 cm³/mol. The number of rotatable bonds is 8. The zero-order valence-corrected chi connectivity index (χ0v) is 24.6. The van der Waals surface area contributed by atoms with Gasteiger partial charge in [-0.05, 0) is 78.6 Å². The van der Waals surface area contributed by atoms with Crippen LogP contribution in [0.5, 0.6) is 5.75 Å². The molecule has 2 atom stereocenters. The fraction of sp³-hybridized carbons (Fsp3) is 0.235. The van der Waals surface area contributed by atoms with Crippen LogP contribution in [0, 0.1) is 5.82 Å². The molecule has 5 aromatic rings. The Labute approximate surface area is 258 Å². The quantitative estimate of drug-likeness (QED) is 0.241. The summed E-state index contributed by atoms with van der Waals surface area (Å²) in [6.45, 7) is 1.39. The molecule has 0 saturated carbocycles. The number of hydrogen-bond acceptors (Lipinski definition) is 7. The molecule has 4 heterocycles. The number of carbonyl (C=O) groups is 2. The Morgan fingerprint density at radius 2 is 1.82 bits per heavy atom. The SMILES string of the molecule is COc1cc(C(=O)N2C[C@H]3OCCCC32)ccc1Nc1nc2ccc(-c3ccc(NC(=O)Cc4ccc(F)cc4)cc3)cn2n1. The van der Waals surface area contributed by atoms with Crippen molar-refractivity contribution >= 4 is 34.8 Å². The van der Waals surface area contributed by atoms with Crippen LogP contribution in [0.3, 0.4) is 0 Å². The molecule has 1 unspecified atom stereocenters. The number of benzene rings is 3. The normalized spacial score (nSPS) is 17.3. The van der Waals surface area contributed by atoms with Crippen molar-refractivity contribution in [3.05, 3.63) is 102 Å². The van der Waals surface area contributed by atoms with Gasteiger partial charge in [-0.1, -0.05) is 24.3 Å². The Morgan fingerprint density at radius 3 is 2.60 bits per heavy atom. The number of amides is 2. The van der Waals surface area contributed by atoms with E-state index in [-0.39, 0.29) is 36.2 Å². The number of nitrogens with one attached hydrogen (secondary N) is 2. The maximum atomic E-state index is 13.2. The minimum absolute atomic E-state index is 0.0228. The van der Waals surface area contributed by atoms with Crippen molar-refractivity contribution in [3.8, 4) is 16.9 Å². The first-order valence-electron chi connectivity index (χ1n) is 14.8. The lowest BCUT2D eigenvalue weighted by molar-refractivity contribution is -0.115. The van der Waals surface area contributed by atoms with Crippen LogP contribution in [0.1, 0.15) is 28.8 Å². The van der Waals surface area contributed by atoms with Gasteiger partial charge in [0.2, 0.25) is 11.9 Å². The topological polar surface area (TPSA) is 110 Å². The molecule has 45 heavy (non-hydrogen) atoms. The smallest absolute Gasteiger partial charge is 0.254 e. The standard InChI is InChI=1S/C34H31FN6O4/c1-44-29-18-23(33(43)40-20-30-28(40)3-2-16-45-30)8-14-27(29)37-34-38-31-15-9-24(19-41(31)39-34)22-6-12-26(13-7-22)36-32(42)17-21-4-10-25(35)11-5-21/h4-15,18-19,28,30H,2-3,16-17,20H2,1H3,(H,36,42)(H,37,39)/t28?,30-/m1/s1. The summed E-state index contributed by atoms with van der Waals surface area (Å²) in [5, 5.41) is 10.7. The minimum Gasteiger partial charge on any atom is -0.495 e. The van der Waals surface area contributed by atoms with Crippen molar-refractivity contribution in [3.63, 3.8) is 0 Å². The van der Waals surface area contributed by atoms with Gasteiger partial charge in [0.15, 0.2) is 5.65 Å². The number of likely N-dealkylation sites (tertiary alicyclic amines) is 1. The lowest BCUT2D eigenvalue weighted by Crippen LogP contribution is -2.64. The summed E-state index contributed by atoms with van der Waals surface area (Å²) in [4.78, 5) is 32.1. The van der Waals surface area contributed by atoms with E-state index in [0.717, 1.165) is 36.1 Å². The number of halogens is 1. The van der Waals surface area contributed by atoms with Crippen molar-refractivity contribution < 1.29 is 23.5 Å². The second-order valence-corrected chi connectivity index (χ2v) is 11.2. The van der Waals surface area contributed by atoms with E-state index in [1.54, 1.807) is 42.0 Å². The molecular formula is C34H31FN6O4. The van der Waals surface area contributed by atoms with E-state index >= 15 is 0 Å². The molecule has 0 radical (unpaired) electrons. The highest BCUT2D eigenvalue weighted by Crippen LogP contribution is 2.33. The van der Waals surface area contributed by atoms with E-state index in [4.69, 9.17) is 9.47 Å². The Hall–Kier alpha value is -5.29. The molecule has 0 aliphatic carbocycles. The Morgan fingerprint density at radius 1 is 1.02 bits per heavy atom. The molecule has 228 valence electrons. The number of hydrogen-bond donors (Lipinski definition) is 2. The van der Waals surface area contributed by atoms with Crippen LogP contribution in [0.25, 0.3) is 16.8 Å². The number of nitrogens with zero attached hydrogens (tertiary/aromatic N) is 4. The summed E-state index contributed by atoms with van der Waals surface area (Å²) >= 11 is 0. The third kappa shape index (κ3) is 5.94. The van der Waals surface area contributed by atoms with E-state index in [2.05, 4.69) is 20.7 Å². The van der Waals surface area contributed by atoms with Crippen LogP contribution < -0.4 is 15.4 Å². The third-order valence-corrected chi connectivity index (χ3v) is 8.25. The largest absolute Gasteiger partial charge is 0.495 e. The molecule has 2 aromatic heterocycles. The van der Waals surface area contributed by atoms with E-state index in [0.29, 0.717) is 40.8 Å². The van der Waals surface area contributed by atoms with E-state index < -0.39 is 0 Å². The highest BCUT2D eigenvalue weighted by Gasteiger charge is 2.44. The average molecular weight is 607 g/mol. The van der Waals surface area contributed by atoms with Gasteiger partial charge >= 0.3 is 0 Å². The van der Waals surface area contributed by atoms with Crippen molar-refractivity contribution in [1.82, 2.24) is 19.5 Å². The molecule has 2 aliphatic rings. The molecule has 0 bridgehead atoms. The number of fused-ring (bicyclic) bond motifs is 2. The van der Waals surface area contributed by atoms with Gasteiger partial charge in [0.1, 0.15) is 11.6 Å². The fourth-order valence-electron chi connectivity index (χ4n) is 5.84. The van der Waals surface area contributed by atoms with Crippen molar-refractivity contribution in [2.24, 2.45) is 0 Å². The molecule has 11 heteroatoms. The first kappa shape index (κ1) is 28.5. The van der Waals surface area contributed by atoms with Gasteiger partial charge in [-0.15, -0.1) is 5.10 Å². The van der Waals surface area contributed by atoms with Gasteiger partial charge in [-0.25, -0.2) is 8.91 Å². The molecule has 2 fully saturated rings. The van der Waals surface area contributed by atoms with Gasteiger partial charge in [0.05, 0.1) is 31.4 Å². The second kappa shape index (κ2) is 12.0. The number of aromatic nitrogens is 3. The van der Waals surface area contributed by atoms with Gasteiger partial charge < -0.3 is 25.0 Å². The number of ether oxygens (including phenoxy) is 2. The van der Waals surface area contributed by atoms with Crippen molar-refractivity contribution in [1.29, 1.82) is 0 Å². The number of pyridine rings is 1. The molecule has 7 rings (SSSR count). The highest BCUT2D eigenvalue weighted by atomic mass is 19.1. The Bertz CT molecular complexity index is 1870. The summed E-state index contributed by atoms with van der Waals surface area (Å²) in [5.41, 5.74) is 5.11. The summed E-state index contributed by atoms with van der Waals surface area (Å²) in [7, 11) is 1.56. The molecule has 0 spiro atoms. The van der Waals surface area contributed by atoms with E-state index in [9.17, 15) is 14.0 Å². The van der Waals surface area contributed by atoms with Crippen molar-refractivity contribution in [2.45, 2.75) is 31.4 Å². The summed E-state index contributed by atoms with van der Waals surface area (Å²) in [6.07, 6.45) is 4.13. The molecule has 2 N–H and O–H groups in total. The van der Waals surface area contributed by atoms with Gasteiger partial charge in [0, 0.05) is 36.2 Å². The van der Waals surface area contributed by atoms with Crippen LogP contribution in [0.4, 0.5) is 21.7 Å². The zero-order valence-electron chi connectivity index (χ0n) is 24.6. The maximum absolute atomic E-state index is 13.2. The number of carbonyl (C=O) groups excluding carboxylic acids is 2. The van der Waals surface area contributed by atoms with Crippen LogP contribution in [-0.4, -0.2) is 63.7 Å². The third-order valence-electron chi connectivity index (χ3n) is 8.25. The van der Waals surface area contributed by atoms with Crippen LogP contribution in [0.2, 0.25) is 0 Å². The Kier molecular flexibility index (Phi) is 7.60. The van der Waals surface area contributed by atoms with E-state index in [1.807, 2.05) is 47.5 Å². The first-order valence-corrected chi connectivity index (χ1v) is 14.8. The monoisotopic (exact) mass is 606 g/mol. The average Bonchev–Trinajstić information content (AvgIpc) is 3.45. The van der Waals surface area contributed by atoms with Crippen molar-refractivity contribution in [2.75, 3.05) is 30.9 Å². The summed E-state index contributed by atoms with van der Waals surface area (Å²) in [5.74, 6) is 0.364. The first-order chi connectivity index (χ1) is 21.9. The van der Waals surface area contributed by atoms with Gasteiger partial charge in [0.25, 0.3) is 5.91 Å². The van der Waals surface area contributed by atoms with Crippen LogP contribution in [0.15, 0.2) is 85.1 Å². The lowest BCUT2D eigenvalue weighted by atomic mass is 9.91. The maximum Gasteiger partial charge on any atom is 0.254 e. The zero-order chi connectivity index (χ0) is 30.9. The van der Waals surface area contributed by atoms with E-state index in [1.165, 1.54) is 12.1 Å². The number of anilines is 3. The number of methoxy groups -OCH3 is 1. The molecule has 10 nitrogen and oxygen atoms in total. The molecule has 3 aromatic carbocycles. The van der Waals surface area contributed by atoms with Crippen LogP contribution >= 0.6 is 0 Å². The fourth-order valence-corrected chi connectivity index (χ4v) is 5.84. The van der Waals surface area contributed by atoms with Gasteiger partial charge in [-0.2, -0.15) is 4.98 Å². The summed E-state index contributed by atoms with van der Waals surface area (Å²) in [6, 6.07) is 22.7.